The van der Waals surface area contributed by atoms with Gasteiger partial charge in [-0.25, -0.2) is 0 Å². The van der Waals surface area contributed by atoms with Crippen LogP contribution in [-0.2, 0) is 9.59 Å². The van der Waals surface area contributed by atoms with Crippen molar-refractivity contribution >= 4 is 11.6 Å². The number of hydrogen-bond acceptors (Lipinski definition) is 3. The smallest absolute Gasteiger partial charge is 0.161 e. The fourth-order valence-electron chi connectivity index (χ4n) is 7.20. The van der Waals surface area contributed by atoms with Crippen LogP contribution in [0.4, 0.5) is 0 Å². The molecule has 4 aliphatic rings. The molecular formula is C21H30O3. The number of Topliss-reactive ketones (excluding diaryl/α,β-unsaturated/α-hetero) is 1. The van der Waals surface area contributed by atoms with E-state index >= 15 is 0 Å². The number of rotatable bonds is 2. The Balaban J connectivity index is 1.65. The van der Waals surface area contributed by atoms with E-state index in [1.807, 2.05) is 6.08 Å². The summed E-state index contributed by atoms with van der Waals surface area (Å²) >= 11 is 0. The van der Waals surface area contributed by atoms with Crippen LogP contribution < -0.4 is 0 Å². The third kappa shape index (κ3) is 2.13. The zero-order chi connectivity index (χ0) is 17.1. The standard InChI is InChI=1S/C21H30O3/c1-20-9-7-14(23)11-13(20)3-4-15-16-5-6-18(19(24)12-22)21(16,2)10-8-17(15)20/h11,15-18,22H,3-10,12H2,1-2H3/t15-,16+,17-,18+,20+,21+/m0/s1. The predicted molar refractivity (Wildman–Crippen MR) is 92.3 cm³/mol. The van der Waals surface area contributed by atoms with E-state index in [9.17, 15) is 14.7 Å². The number of fused-ring (bicyclic) bond motifs is 5. The molecule has 3 nitrogen and oxygen atoms in total. The first-order valence-corrected chi connectivity index (χ1v) is 9.77. The van der Waals surface area contributed by atoms with Crippen molar-refractivity contribution in [2.75, 3.05) is 6.61 Å². The minimum absolute atomic E-state index is 0.0596. The van der Waals surface area contributed by atoms with Crippen LogP contribution in [0.3, 0.4) is 0 Å². The Hall–Kier alpha value is -0.960. The molecule has 0 aromatic heterocycles. The van der Waals surface area contributed by atoms with Crippen molar-refractivity contribution in [3.63, 3.8) is 0 Å². The van der Waals surface area contributed by atoms with Crippen molar-refractivity contribution < 1.29 is 14.7 Å². The maximum atomic E-state index is 12.3. The van der Waals surface area contributed by atoms with Crippen LogP contribution in [0.2, 0.25) is 0 Å². The number of carbonyl (C=O) groups is 2. The van der Waals surface area contributed by atoms with Gasteiger partial charge in [-0.15, -0.1) is 0 Å². The minimum atomic E-state index is -0.298. The summed E-state index contributed by atoms with van der Waals surface area (Å²) in [5, 5.41) is 9.36. The SMILES string of the molecule is C[C@@]12CC[C@H]3[C@@H](CCC4=CC(=O)CC[C@]43C)[C@H]1CC[C@@H]2C(=O)CO. The van der Waals surface area contributed by atoms with Crippen LogP contribution in [0.15, 0.2) is 11.6 Å². The summed E-state index contributed by atoms with van der Waals surface area (Å²) in [7, 11) is 0. The first kappa shape index (κ1) is 16.5. The van der Waals surface area contributed by atoms with Gasteiger partial charge in [-0.1, -0.05) is 19.4 Å². The number of aliphatic hydroxyl groups excluding tert-OH is 1. The van der Waals surface area contributed by atoms with Gasteiger partial charge in [0.25, 0.3) is 0 Å². The predicted octanol–water partition coefficient (Wildman–Crippen LogP) is 3.70. The van der Waals surface area contributed by atoms with E-state index in [0.717, 1.165) is 32.1 Å². The quantitative estimate of drug-likeness (QED) is 0.840. The third-order valence-electron chi connectivity index (χ3n) is 8.51. The highest BCUT2D eigenvalue weighted by Gasteiger charge is 2.59. The second kappa shape index (κ2) is 5.52. The molecule has 6 atom stereocenters. The molecule has 0 aromatic carbocycles. The highest BCUT2D eigenvalue weighted by molar-refractivity contribution is 5.91. The van der Waals surface area contributed by atoms with E-state index in [0.29, 0.717) is 30.0 Å². The molecule has 0 heterocycles. The maximum absolute atomic E-state index is 12.3. The lowest BCUT2D eigenvalue weighted by Crippen LogP contribution is -2.51. The first-order chi connectivity index (χ1) is 11.4. The van der Waals surface area contributed by atoms with Crippen molar-refractivity contribution in [1.82, 2.24) is 0 Å². The molecule has 0 bridgehead atoms. The Bertz CT molecular complexity index is 606. The lowest BCUT2D eigenvalue weighted by Gasteiger charge is -2.58. The summed E-state index contributed by atoms with van der Waals surface area (Å²) in [6, 6.07) is 0. The second-order valence-corrected chi connectivity index (χ2v) is 9.27. The van der Waals surface area contributed by atoms with E-state index in [4.69, 9.17) is 0 Å². The third-order valence-corrected chi connectivity index (χ3v) is 8.51. The van der Waals surface area contributed by atoms with Crippen LogP contribution in [0.5, 0.6) is 0 Å². The van der Waals surface area contributed by atoms with Crippen LogP contribution in [0, 0.1) is 34.5 Å². The molecule has 0 amide bonds. The topological polar surface area (TPSA) is 54.4 Å². The molecule has 4 aliphatic carbocycles. The van der Waals surface area contributed by atoms with Gasteiger partial charge in [-0.3, -0.25) is 9.59 Å². The Morgan fingerprint density at radius 1 is 1.12 bits per heavy atom. The molecule has 1 N–H and O–H groups in total. The Kier molecular flexibility index (Phi) is 3.80. The number of ketones is 2. The van der Waals surface area contributed by atoms with Gasteiger partial charge in [0.1, 0.15) is 6.61 Å². The summed E-state index contributed by atoms with van der Waals surface area (Å²) in [5.41, 5.74) is 1.70. The molecule has 24 heavy (non-hydrogen) atoms. The molecular weight excluding hydrogens is 300 g/mol. The normalized spacial score (nSPS) is 47.5. The van der Waals surface area contributed by atoms with Crippen LogP contribution >= 0.6 is 0 Å². The lowest BCUT2D eigenvalue weighted by molar-refractivity contribution is -0.133. The minimum Gasteiger partial charge on any atom is -0.389 e. The Labute approximate surface area is 144 Å². The lowest BCUT2D eigenvalue weighted by atomic mass is 9.46. The zero-order valence-corrected chi connectivity index (χ0v) is 15.0. The highest BCUT2D eigenvalue weighted by Crippen LogP contribution is 2.66. The van der Waals surface area contributed by atoms with Crippen molar-refractivity contribution in [2.24, 2.45) is 34.5 Å². The van der Waals surface area contributed by atoms with Gasteiger partial charge in [-0.05, 0) is 79.6 Å². The zero-order valence-electron chi connectivity index (χ0n) is 15.0. The van der Waals surface area contributed by atoms with E-state index in [2.05, 4.69) is 13.8 Å². The molecule has 0 spiro atoms. The van der Waals surface area contributed by atoms with Crippen molar-refractivity contribution in [3.05, 3.63) is 11.6 Å². The van der Waals surface area contributed by atoms with E-state index in [1.165, 1.54) is 18.4 Å². The van der Waals surface area contributed by atoms with Gasteiger partial charge >= 0.3 is 0 Å². The summed E-state index contributed by atoms with van der Waals surface area (Å²) in [6.45, 7) is 4.42. The van der Waals surface area contributed by atoms with Gasteiger partial charge in [0.2, 0.25) is 0 Å². The fourth-order valence-corrected chi connectivity index (χ4v) is 7.20. The highest BCUT2D eigenvalue weighted by atomic mass is 16.3. The van der Waals surface area contributed by atoms with Gasteiger partial charge in [-0.2, -0.15) is 0 Å². The van der Waals surface area contributed by atoms with Crippen molar-refractivity contribution in [1.29, 1.82) is 0 Å². The summed E-state index contributed by atoms with van der Waals surface area (Å²) < 4.78 is 0. The van der Waals surface area contributed by atoms with E-state index in [1.54, 1.807) is 0 Å². The second-order valence-electron chi connectivity index (χ2n) is 9.27. The number of aliphatic hydroxyl groups is 1. The number of carbonyl (C=O) groups excluding carboxylic acids is 2. The van der Waals surface area contributed by atoms with Crippen molar-refractivity contribution in [2.45, 2.75) is 65.2 Å². The molecule has 0 aliphatic heterocycles. The molecule has 132 valence electrons. The molecule has 4 rings (SSSR count). The van der Waals surface area contributed by atoms with E-state index in [-0.39, 0.29) is 29.1 Å². The largest absolute Gasteiger partial charge is 0.389 e. The Morgan fingerprint density at radius 2 is 1.92 bits per heavy atom. The average Bonchev–Trinajstić information content (AvgIpc) is 2.92. The molecule has 3 saturated carbocycles. The van der Waals surface area contributed by atoms with Gasteiger partial charge in [0.15, 0.2) is 11.6 Å². The summed E-state index contributed by atoms with van der Waals surface area (Å²) in [5.74, 6) is 2.42. The van der Waals surface area contributed by atoms with Crippen LogP contribution in [0.25, 0.3) is 0 Å². The number of hydrogen-bond donors (Lipinski definition) is 1. The maximum Gasteiger partial charge on any atom is 0.161 e. The molecule has 0 unspecified atom stereocenters. The molecule has 3 fully saturated rings. The monoisotopic (exact) mass is 330 g/mol. The van der Waals surface area contributed by atoms with Crippen LogP contribution in [-0.4, -0.2) is 23.3 Å². The summed E-state index contributed by atoms with van der Waals surface area (Å²) in [4.78, 5) is 24.1. The fraction of sp³-hybridized carbons (Fsp3) is 0.810. The van der Waals surface area contributed by atoms with Crippen LogP contribution in [0.1, 0.15) is 65.2 Å². The van der Waals surface area contributed by atoms with Crippen molar-refractivity contribution in [3.8, 4) is 0 Å². The Morgan fingerprint density at radius 3 is 2.67 bits per heavy atom. The van der Waals surface area contributed by atoms with Gasteiger partial charge in [0.05, 0.1) is 0 Å². The van der Waals surface area contributed by atoms with Gasteiger partial charge < -0.3 is 5.11 Å². The average molecular weight is 330 g/mol. The van der Waals surface area contributed by atoms with E-state index < -0.39 is 0 Å². The van der Waals surface area contributed by atoms with Gasteiger partial charge in [0, 0.05) is 12.3 Å². The number of allylic oxidation sites excluding steroid dienone is 1. The molecule has 0 radical (unpaired) electrons. The first-order valence-electron chi connectivity index (χ1n) is 9.77. The summed E-state index contributed by atoms with van der Waals surface area (Å²) in [6.07, 6.45) is 10.3. The molecule has 0 saturated heterocycles. The molecule has 3 heteroatoms. The molecule has 0 aromatic rings.